The Labute approximate surface area is 81.4 Å². The van der Waals surface area contributed by atoms with Gasteiger partial charge in [-0.1, -0.05) is 52.3 Å². The molecule has 0 spiro atoms. The molecule has 0 fully saturated rings. The SMILES string of the molecule is CC1(Br)C=Cc2ccccc2C1. The number of halogens is 1. The maximum Gasteiger partial charge on any atom is 0.0452 e. The van der Waals surface area contributed by atoms with Crippen molar-refractivity contribution < 1.29 is 0 Å². The van der Waals surface area contributed by atoms with E-state index < -0.39 is 0 Å². The zero-order valence-electron chi connectivity index (χ0n) is 7.05. The van der Waals surface area contributed by atoms with Crippen LogP contribution in [0, 0.1) is 0 Å². The first-order valence-corrected chi connectivity index (χ1v) is 4.93. The zero-order valence-corrected chi connectivity index (χ0v) is 8.64. The molecule has 1 aromatic carbocycles. The first-order chi connectivity index (χ1) is 5.67. The monoisotopic (exact) mass is 222 g/mol. The number of hydrogen-bond donors (Lipinski definition) is 0. The molecule has 1 aliphatic carbocycles. The van der Waals surface area contributed by atoms with Gasteiger partial charge in [-0.15, -0.1) is 0 Å². The third-order valence-corrected chi connectivity index (χ3v) is 2.75. The van der Waals surface area contributed by atoms with Crippen molar-refractivity contribution in [2.24, 2.45) is 0 Å². The minimum Gasteiger partial charge on any atom is -0.0807 e. The van der Waals surface area contributed by atoms with Crippen LogP contribution < -0.4 is 0 Å². The van der Waals surface area contributed by atoms with E-state index in [0.29, 0.717) is 0 Å². The third kappa shape index (κ3) is 1.46. The summed E-state index contributed by atoms with van der Waals surface area (Å²) in [6, 6.07) is 8.54. The quantitative estimate of drug-likeness (QED) is 0.591. The van der Waals surface area contributed by atoms with Crippen LogP contribution in [0.1, 0.15) is 18.1 Å². The van der Waals surface area contributed by atoms with Gasteiger partial charge in [-0.25, -0.2) is 0 Å². The van der Waals surface area contributed by atoms with Gasteiger partial charge in [0, 0.05) is 4.32 Å². The molecule has 0 N–H and O–H groups in total. The number of rotatable bonds is 0. The van der Waals surface area contributed by atoms with E-state index >= 15 is 0 Å². The highest BCUT2D eigenvalue weighted by atomic mass is 79.9. The minimum absolute atomic E-state index is 0.154. The van der Waals surface area contributed by atoms with E-state index in [0.717, 1.165) is 6.42 Å². The lowest BCUT2D eigenvalue weighted by Gasteiger charge is -2.23. The fourth-order valence-corrected chi connectivity index (χ4v) is 1.99. The lowest BCUT2D eigenvalue weighted by Crippen LogP contribution is -2.18. The molecular formula is C11H11Br. The summed E-state index contributed by atoms with van der Waals surface area (Å²) in [5, 5.41) is 0. The van der Waals surface area contributed by atoms with E-state index in [4.69, 9.17) is 0 Å². The number of alkyl halides is 1. The molecule has 0 radical (unpaired) electrons. The van der Waals surface area contributed by atoms with Crippen molar-refractivity contribution in [3.63, 3.8) is 0 Å². The number of allylic oxidation sites excluding steroid dienone is 1. The van der Waals surface area contributed by atoms with Gasteiger partial charge in [-0.2, -0.15) is 0 Å². The molecule has 1 unspecified atom stereocenters. The molecule has 1 heteroatoms. The van der Waals surface area contributed by atoms with Crippen molar-refractivity contribution in [1.29, 1.82) is 0 Å². The Kier molecular flexibility index (Phi) is 1.84. The first kappa shape index (κ1) is 8.06. The lowest BCUT2D eigenvalue weighted by molar-refractivity contribution is 0.792. The van der Waals surface area contributed by atoms with Gasteiger partial charge in [0.05, 0.1) is 0 Å². The van der Waals surface area contributed by atoms with Gasteiger partial charge in [-0.05, 0) is 24.5 Å². The smallest absolute Gasteiger partial charge is 0.0452 e. The van der Waals surface area contributed by atoms with E-state index in [1.165, 1.54) is 11.1 Å². The molecule has 1 atom stereocenters. The first-order valence-electron chi connectivity index (χ1n) is 4.13. The Bertz CT molecular complexity index is 324. The fraction of sp³-hybridized carbons (Fsp3) is 0.273. The molecular weight excluding hydrogens is 212 g/mol. The van der Waals surface area contributed by atoms with Gasteiger partial charge in [-0.3, -0.25) is 0 Å². The summed E-state index contributed by atoms with van der Waals surface area (Å²) < 4.78 is 0.154. The molecule has 0 bridgehead atoms. The molecule has 12 heavy (non-hydrogen) atoms. The van der Waals surface area contributed by atoms with Crippen LogP contribution in [0.4, 0.5) is 0 Å². The van der Waals surface area contributed by atoms with Crippen molar-refractivity contribution in [2.75, 3.05) is 0 Å². The van der Waals surface area contributed by atoms with E-state index in [2.05, 4.69) is 59.3 Å². The van der Waals surface area contributed by atoms with Crippen LogP contribution in [0.15, 0.2) is 30.3 Å². The molecule has 0 aliphatic heterocycles. The highest BCUT2D eigenvalue weighted by Gasteiger charge is 2.21. The van der Waals surface area contributed by atoms with E-state index in [1.54, 1.807) is 0 Å². The summed E-state index contributed by atoms with van der Waals surface area (Å²) in [5.74, 6) is 0. The molecule has 0 amide bonds. The summed E-state index contributed by atoms with van der Waals surface area (Å²) in [7, 11) is 0. The van der Waals surface area contributed by atoms with Crippen LogP contribution >= 0.6 is 15.9 Å². The van der Waals surface area contributed by atoms with Crippen molar-refractivity contribution in [1.82, 2.24) is 0 Å². The van der Waals surface area contributed by atoms with Crippen molar-refractivity contribution in [3.8, 4) is 0 Å². The molecule has 0 saturated carbocycles. The van der Waals surface area contributed by atoms with Gasteiger partial charge >= 0.3 is 0 Å². The number of benzene rings is 1. The largest absolute Gasteiger partial charge is 0.0807 e. The standard InChI is InChI=1S/C11H11Br/c1-11(12)7-6-9-4-2-3-5-10(9)8-11/h2-7H,8H2,1H3. The summed E-state index contributed by atoms with van der Waals surface area (Å²) in [5.41, 5.74) is 2.79. The fourth-order valence-electron chi connectivity index (χ4n) is 1.55. The average molecular weight is 223 g/mol. The highest BCUT2D eigenvalue weighted by molar-refractivity contribution is 9.10. The highest BCUT2D eigenvalue weighted by Crippen LogP contribution is 2.31. The maximum absolute atomic E-state index is 3.68. The second-order valence-electron chi connectivity index (χ2n) is 3.49. The van der Waals surface area contributed by atoms with Crippen molar-refractivity contribution in [3.05, 3.63) is 41.5 Å². The average Bonchev–Trinajstić information content (AvgIpc) is 2.02. The Balaban J connectivity index is 2.46. The molecule has 0 heterocycles. The van der Waals surface area contributed by atoms with Gasteiger partial charge in [0.1, 0.15) is 0 Å². The molecule has 0 nitrogen and oxygen atoms in total. The zero-order chi connectivity index (χ0) is 8.60. The lowest BCUT2D eigenvalue weighted by atomic mass is 9.91. The summed E-state index contributed by atoms with van der Waals surface area (Å²) >= 11 is 3.68. The van der Waals surface area contributed by atoms with Crippen LogP contribution in [-0.2, 0) is 6.42 Å². The second-order valence-corrected chi connectivity index (χ2v) is 5.30. The number of fused-ring (bicyclic) bond motifs is 1. The van der Waals surface area contributed by atoms with E-state index in [9.17, 15) is 0 Å². The van der Waals surface area contributed by atoms with Crippen LogP contribution in [0.2, 0.25) is 0 Å². The predicted octanol–water partition coefficient (Wildman–Crippen LogP) is 3.41. The van der Waals surface area contributed by atoms with Crippen LogP contribution in [0.25, 0.3) is 6.08 Å². The Morgan fingerprint density at radius 1 is 1.33 bits per heavy atom. The Hall–Kier alpha value is -0.560. The topological polar surface area (TPSA) is 0 Å². The van der Waals surface area contributed by atoms with Gasteiger partial charge < -0.3 is 0 Å². The normalized spacial score (nSPS) is 26.8. The molecule has 2 rings (SSSR count). The third-order valence-electron chi connectivity index (χ3n) is 2.20. The van der Waals surface area contributed by atoms with E-state index in [-0.39, 0.29) is 4.32 Å². The molecule has 62 valence electrons. The van der Waals surface area contributed by atoms with Crippen LogP contribution in [0.5, 0.6) is 0 Å². The summed E-state index contributed by atoms with van der Waals surface area (Å²) in [4.78, 5) is 0. The summed E-state index contributed by atoms with van der Waals surface area (Å²) in [6.45, 7) is 2.19. The van der Waals surface area contributed by atoms with E-state index in [1.807, 2.05) is 0 Å². The molecule has 1 aromatic rings. The number of hydrogen-bond acceptors (Lipinski definition) is 0. The van der Waals surface area contributed by atoms with Crippen molar-refractivity contribution in [2.45, 2.75) is 17.7 Å². The van der Waals surface area contributed by atoms with Gasteiger partial charge in [0.25, 0.3) is 0 Å². The second kappa shape index (κ2) is 2.74. The van der Waals surface area contributed by atoms with Gasteiger partial charge in [0.15, 0.2) is 0 Å². The molecule has 0 aromatic heterocycles. The minimum atomic E-state index is 0.154. The molecule has 0 saturated heterocycles. The Morgan fingerprint density at radius 2 is 2.08 bits per heavy atom. The predicted molar refractivity (Wildman–Crippen MR) is 56.5 cm³/mol. The van der Waals surface area contributed by atoms with Crippen molar-refractivity contribution >= 4 is 22.0 Å². The molecule has 1 aliphatic rings. The summed E-state index contributed by atoms with van der Waals surface area (Å²) in [6.07, 6.45) is 5.49. The maximum atomic E-state index is 3.68. The Morgan fingerprint density at radius 3 is 2.92 bits per heavy atom. The van der Waals surface area contributed by atoms with Crippen LogP contribution in [0.3, 0.4) is 0 Å². The van der Waals surface area contributed by atoms with Gasteiger partial charge in [0.2, 0.25) is 0 Å². The van der Waals surface area contributed by atoms with Crippen LogP contribution in [-0.4, -0.2) is 4.32 Å².